The lowest BCUT2D eigenvalue weighted by Crippen LogP contribution is -2.45. The molecule has 4 aliphatic heterocycles. The lowest BCUT2D eigenvalue weighted by molar-refractivity contribution is -0.134. The van der Waals surface area contributed by atoms with Crippen LogP contribution in [-0.2, 0) is 44.9 Å². The number of hydrogen-bond acceptors (Lipinski definition) is 10. The maximum absolute atomic E-state index is 13.9. The number of likely N-dealkylation sites (tertiary alicyclic amines) is 2. The zero-order valence-electron chi connectivity index (χ0n) is 34.9. The van der Waals surface area contributed by atoms with Crippen LogP contribution in [0.25, 0.3) is 0 Å². The number of nitrogens with zero attached hydrogens (tertiary/aromatic N) is 4. The van der Waals surface area contributed by atoms with Crippen molar-refractivity contribution in [3.8, 4) is 11.5 Å². The fraction of sp³-hybridized carbons (Fsp3) is 0.375. The van der Waals surface area contributed by atoms with Crippen LogP contribution < -0.4 is 9.47 Å². The van der Waals surface area contributed by atoms with Gasteiger partial charge in [-0.1, -0.05) is 82.8 Å². The maximum atomic E-state index is 13.9. The lowest BCUT2D eigenvalue weighted by Gasteiger charge is -2.40. The molecule has 0 bridgehead atoms. The van der Waals surface area contributed by atoms with Crippen molar-refractivity contribution in [1.82, 2.24) is 19.6 Å². The molecule has 16 heteroatoms. The number of rotatable bonds is 12. The molecule has 4 aromatic rings. The van der Waals surface area contributed by atoms with Crippen LogP contribution in [0.15, 0.2) is 84.9 Å². The van der Waals surface area contributed by atoms with Gasteiger partial charge in [-0.05, 0) is 84.3 Å². The van der Waals surface area contributed by atoms with E-state index in [2.05, 4.69) is 9.80 Å². The molecule has 2 saturated heterocycles. The molecule has 8 rings (SSSR count). The van der Waals surface area contributed by atoms with Crippen LogP contribution in [0.1, 0.15) is 58.3 Å². The average molecular weight is 951 g/mol. The molecule has 4 aromatic carbocycles. The van der Waals surface area contributed by atoms with E-state index in [0.717, 1.165) is 45.5 Å². The summed E-state index contributed by atoms with van der Waals surface area (Å²) in [4.78, 5) is 62.3. The first-order valence-electron chi connectivity index (χ1n) is 21.4. The summed E-state index contributed by atoms with van der Waals surface area (Å²) in [6.07, 6.45) is 3.55. The minimum atomic E-state index is -0.776. The Morgan fingerprint density at radius 3 is 1.38 bits per heavy atom. The Kier molecular flexibility index (Phi) is 14.6. The van der Waals surface area contributed by atoms with Crippen molar-refractivity contribution in [2.75, 3.05) is 52.4 Å². The fourth-order valence-electron chi connectivity index (χ4n) is 9.34. The van der Waals surface area contributed by atoms with E-state index in [0.29, 0.717) is 110 Å². The number of hydrogen-bond donors (Lipinski definition) is 2. The number of carbonyl (C=O) groups excluding carboxylic acids is 4. The number of aliphatic hydroxyl groups is 2. The Morgan fingerprint density at radius 2 is 1.00 bits per heavy atom. The molecule has 0 spiro atoms. The summed E-state index contributed by atoms with van der Waals surface area (Å²) in [5.41, 5.74) is 4.72. The summed E-state index contributed by atoms with van der Waals surface area (Å²) in [6.45, 7) is 4.07. The van der Waals surface area contributed by atoms with Crippen LogP contribution in [-0.4, -0.2) is 118 Å². The quantitative estimate of drug-likeness (QED) is 0.0883. The van der Waals surface area contributed by atoms with E-state index in [4.69, 9.17) is 55.9 Å². The minimum Gasteiger partial charge on any atom is -0.423 e. The highest BCUT2D eigenvalue weighted by Crippen LogP contribution is 2.39. The molecule has 64 heavy (non-hydrogen) atoms. The van der Waals surface area contributed by atoms with Gasteiger partial charge in [0.2, 0.25) is 11.8 Å². The highest BCUT2D eigenvalue weighted by atomic mass is 35.5. The second-order valence-corrected chi connectivity index (χ2v) is 18.4. The number of β-amino-alcohol motifs (C(OH)–C–C–N with tert-alkyl or cyclic N) is 2. The van der Waals surface area contributed by atoms with E-state index in [-0.39, 0.29) is 36.7 Å². The van der Waals surface area contributed by atoms with Crippen molar-refractivity contribution >= 4 is 70.2 Å². The smallest absolute Gasteiger partial charge is 0.336 e. The van der Waals surface area contributed by atoms with Crippen LogP contribution in [0.2, 0.25) is 20.1 Å². The Balaban J connectivity index is 0.956. The first-order chi connectivity index (χ1) is 30.8. The van der Waals surface area contributed by atoms with Crippen molar-refractivity contribution in [3.63, 3.8) is 0 Å². The van der Waals surface area contributed by atoms with Crippen LogP contribution in [0.4, 0.5) is 0 Å². The van der Waals surface area contributed by atoms with Crippen molar-refractivity contribution in [1.29, 1.82) is 0 Å². The molecule has 0 aromatic heterocycles. The Hall–Kier alpha value is -4.50. The molecule has 0 saturated carbocycles. The summed E-state index contributed by atoms with van der Waals surface area (Å²) in [5.74, 6) is -1.08. The van der Waals surface area contributed by atoms with Crippen molar-refractivity contribution < 1.29 is 38.9 Å². The molecule has 4 heterocycles. The van der Waals surface area contributed by atoms with Gasteiger partial charge in [0.1, 0.15) is 11.5 Å². The van der Waals surface area contributed by atoms with Gasteiger partial charge in [0.15, 0.2) is 0 Å². The van der Waals surface area contributed by atoms with Gasteiger partial charge in [-0.15, -0.1) is 0 Å². The molecule has 4 atom stereocenters. The van der Waals surface area contributed by atoms with Crippen LogP contribution in [0.5, 0.6) is 11.5 Å². The molecule has 2 N–H and O–H groups in total. The second-order valence-electron chi connectivity index (χ2n) is 16.8. The molecule has 0 radical (unpaired) electrons. The molecule has 12 nitrogen and oxygen atoms in total. The monoisotopic (exact) mass is 948 g/mol. The van der Waals surface area contributed by atoms with Gasteiger partial charge in [-0.3, -0.25) is 19.4 Å². The number of benzene rings is 4. The first kappa shape index (κ1) is 46.0. The number of halogens is 4. The van der Waals surface area contributed by atoms with E-state index in [1.54, 1.807) is 60.7 Å². The third kappa shape index (κ3) is 10.8. The number of carbonyl (C=O) groups is 4. The molecule has 4 unspecified atom stereocenters. The third-order valence-corrected chi connectivity index (χ3v) is 13.9. The lowest BCUT2D eigenvalue weighted by atomic mass is 9.90. The highest BCUT2D eigenvalue weighted by Gasteiger charge is 2.37. The highest BCUT2D eigenvalue weighted by molar-refractivity contribution is 6.42. The van der Waals surface area contributed by atoms with Crippen LogP contribution >= 0.6 is 46.4 Å². The molecular formula is C48H48Cl4N4O8. The molecule has 2 amide bonds. The average Bonchev–Trinajstić information content (AvgIpc) is 3.89. The van der Waals surface area contributed by atoms with Gasteiger partial charge in [0.05, 0.1) is 57.2 Å². The molecule has 336 valence electrons. The van der Waals surface area contributed by atoms with Crippen LogP contribution in [0.3, 0.4) is 0 Å². The number of esters is 2. The summed E-state index contributed by atoms with van der Waals surface area (Å²) in [7, 11) is 0. The first-order valence-corrected chi connectivity index (χ1v) is 22.9. The Labute approximate surface area is 391 Å². The Bertz CT molecular complexity index is 2300. The van der Waals surface area contributed by atoms with Crippen molar-refractivity contribution in [2.24, 2.45) is 0 Å². The van der Waals surface area contributed by atoms with Crippen molar-refractivity contribution in [3.05, 3.63) is 138 Å². The number of ether oxygens (including phenoxy) is 2. The number of fused-ring (bicyclic) bond motifs is 2. The largest absolute Gasteiger partial charge is 0.423 e. The van der Waals surface area contributed by atoms with Gasteiger partial charge >= 0.3 is 11.9 Å². The van der Waals surface area contributed by atoms with Crippen molar-refractivity contribution in [2.45, 2.75) is 62.8 Å². The summed E-state index contributed by atoms with van der Waals surface area (Å²) in [5, 5.41) is 22.1. The summed E-state index contributed by atoms with van der Waals surface area (Å²) < 4.78 is 11.7. The predicted octanol–water partition coefficient (Wildman–Crippen LogP) is 6.84. The zero-order chi connectivity index (χ0) is 45.1. The zero-order valence-corrected chi connectivity index (χ0v) is 38.0. The normalized spacial score (nSPS) is 21.2. The topological polar surface area (TPSA) is 140 Å². The van der Waals surface area contributed by atoms with Gasteiger partial charge in [0.25, 0.3) is 0 Å². The van der Waals surface area contributed by atoms with Crippen LogP contribution in [0, 0.1) is 0 Å². The van der Waals surface area contributed by atoms with Gasteiger partial charge in [-0.25, -0.2) is 9.59 Å². The minimum absolute atomic E-state index is 0.0926. The van der Waals surface area contributed by atoms with E-state index in [1.807, 2.05) is 21.9 Å². The van der Waals surface area contributed by atoms with Gasteiger partial charge in [-0.2, -0.15) is 0 Å². The number of amides is 2. The summed E-state index contributed by atoms with van der Waals surface area (Å²) >= 11 is 24.8. The van der Waals surface area contributed by atoms with Gasteiger partial charge in [0, 0.05) is 75.6 Å². The fourth-order valence-corrected chi connectivity index (χ4v) is 9.98. The maximum Gasteiger partial charge on any atom is 0.336 e. The van der Waals surface area contributed by atoms with E-state index in [9.17, 15) is 29.4 Å². The Morgan fingerprint density at radius 1 is 0.578 bits per heavy atom. The predicted molar refractivity (Wildman–Crippen MR) is 244 cm³/mol. The van der Waals surface area contributed by atoms with Gasteiger partial charge < -0.3 is 29.5 Å². The second kappa shape index (κ2) is 20.3. The third-order valence-electron chi connectivity index (χ3n) is 12.5. The van der Waals surface area contributed by atoms with E-state index >= 15 is 0 Å². The van der Waals surface area contributed by atoms with E-state index in [1.165, 1.54) is 0 Å². The SMILES string of the molecule is O=C(/C=C/C(=O)Oc1cccc2c1CCN(C(=O)Cc1ccc(Cl)c(Cl)c1)C2CN1CCC(O)C1)Oc1cccc2c1CCN(C(=O)Cc1ccc(Cl)c(Cl)c1)C2CN1CCC(O)C1. The molecule has 0 aliphatic carbocycles. The molecule has 2 fully saturated rings. The molecular weight excluding hydrogens is 902 g/mol. The molecule has 4 aliphatic rings. The summed E-state index contributed by atoms with van der Waals surface area (Å²) in [6, 6.07) is 20.3. The standard InChI is InChI=1S/C48H48Cl4N4O8/c49-37-9-7-29(21-39(37)51)23-45(59)55-19-15-35-33(41(55)27-53-17-13-31(57)25-53)3-1-5-43(35)63-47(61)11-12-48(62)64-44-6-2-4-34-36(44)16-20-56(42(34)28-54-18-14-32(58)26-54)46(60)24-30-8-10-38(50)40(52)22-30/h1-12,21-22,31-32,41-42,57-58H,13-20,23-28H2/b12-11+. The van der Waals surface area contributed by atoms with E-state index < -0.39 is 24.1 Å². The number of aliphatic hydroxyl groups excluding tert-OH is 2.